The molecule has 0 saturated heterocycles. The number of hydrogen-bond acceptors (Lipinski definition) is 2. The Morgan fingerprint density at radius 3 is 2.59 bits per heavy atom. The quantitative estimate of drug-likeness (QED) is 0.572. The van der Waals surface area contributed by atoms with Crippen LogP contribution in [0.2, 0.25) is 0 Å². The molecule has 5 nitrogen and oxygen atoms in total. The second-order valence-electron chi connectivity index (χ2n) is 7.02. The van der Waals surface area contributed by atoms with Crippen LogP contribution in [0.4, 0.5) is 5.69 Å². The number of H-pyrrole nitrogens is 1. The van der Waals surface area contributed by atoms with E-state index in [-0.39, 0.29) is 11.7 Å². The molecule has 0 fully saturated rings. The van der Waals surface area contributed by atoms with Gasteiger partial charge in [0.25, 0.3) is 5.91 Å². The van der Waals surface area contributed by atoms with Crippen molar-refractivity contribution in [1.82, 2.24) is 9.55 Å². The van der Waals surface area contributed by atoms with Crippen molar-refractivity contribution in [2.45, 2.75) is 53.5 Å². The number of aryl methyl sites for hydroxylation is 2. The topological polar surface area (TPSA) is 66.9 Å². The van der Waals surface area contributed by atoms with Crippen LogP contribution in [0.3, 0.4) is 0 Å². The summed E-state index contributed by atoms with van der Waals surface area (Å²) < 4.78 is 2.22. The van der Waals surface area contributed by atoms with Crippen molar-refractivity contribution < 1.29 is 9.59 Å². The molecule has 1 aromatic carbocycles. The maximum atomic E-state index is 12.9. The number of carbonyl (C=O) groups is 2. The summed E-state index contributed by atoms with van der Waals surface area (Å²) in [5.74, 6) is -0.216. The Morgan fingerprint density at radius 1 is 1.15 bits per heavy atom. The van der Waals surface area contributed by atoms with Crippen LogP contribution in [0.15, 0.2) is 30.5 Å². The molecule has 2 heterocycles. The SMILES string of the molecule is CCCc1c(C(=O)Nc2ccc3c(ccn3CCC)c2)[nH]c(C)c1C(C)=O. The Balaban J connectivity index is 1.90. The molecule has 0 unspecified atom stereocenters. The molecule has 0 saturated carbocycles. The number of aromatic nitrogens is 2. The standard InChI is InChI=1S/C22H27N3O2/c1-5-7-18-20(15(4)26)14(3)23-21(18)22(27)24-17-8-9-19-16(13-17)10-12-25(19)11-6-2/h8-10,12-13,23H,5-7,11H2,1-4H3,(H,24,27). The maximum Gasteiger partial charge on any atom is 0.272 e. The number of carbonyl (C=O) groups excluding carboxylic acids is 2. The summed E-state index contributed by atoms with van der Waals surface area (Å²) in [5, 5.41) is 4.08. The molecule has 1 amide bonds. The monoisotopic (exact) mass is 365 g/mol. The van der Waals surface area contributed by atoms with E-state index < -0.39 is 0 Å². The molecule has 27 heavy (non-hydrogen) atoms. The first-order valence-corrected chi connectivity index (χ1v) is 9.58. The van der Waals surface area contributed by atoms with E-state index in [0.29, 0.717) is 17.7 Å². The van der Waals surface area contributed by atoms with E-state index in [1.807, 2.05) is 32.0 Å². The summed E-state index contributed by atoms with van der Waals surface area (Å²) in [4.78, 5) is 28.0. The third-order valence-electron chi connectivity index (χ3n) is 4.86. The minimum absolute atomic E-state index is 0.00932. The van der Waals surface area contributed by atoms with Gasteiger partial charge >= 0.3 is 0 Å². The van der Waals surface area contributed by atoms with E-state index in [1.54, 1.807) is 6.92 Å². The van der Waals surface area contributed by atoms with Crippen LogP contribution in [0.25, 0.3) is 10.9 Å². The van der Waals surface area contributed by atoms with Gasteiger partial charge < -0.3 is 14.9 Å². The lowest BCUT2D eigenvalue weighted by molar-refractivity contribution is 0.101. The van der Waals surface area contributed by atoms with Crippen LogP contribution < -0.4 is 5.32 Å². The van der Waals surface area contributed by atoms with Crippen LogP contribution in [0.1, 0.15) is 65.7 Å². The minimum atomic E-state index is -0.207. The Labute approximate surface area is 159 Å². The van der Waals surface area contributed by atoms with Crippen LogP contribution in [0, 0.1) is 6.92 Å². The van der Waals surface area contributed by atoms with Gasteiger partial charge in [-0.15, -0.1) is 0 Å². The van der Waals surface area contributed by atoms with Crippen LogP contribution in [-0.4, -0.2) is 21.2 Å². The molecule has 142 valence electrons. The third kappa shape index (κ3) is 3.68. The van der Waals surface area contributed by atoms with Gasteiger partial charge in [0, 0.05) is 40.6 Å². The average molecular weight is 365 g/mol. The molecule has 0 aliphatic rings. The zero-order valence-electron chi connectivity index (χ0n) is 16.5. The van der Waals surface area contributed by atoms with Gasteiger partial charge in [0.1, 0.15) is 5.69 Å². The highest BCUT2D eigenvalue weighted by Crippen LogP contribution is 2.24. The Hall–Kier alpha value is -2.82. The highest BCUT2D eigenvalue weighted by atomic mass is 16.2. The van der Waals surface area contributed by atoms with E-state index in [9.17, 15) is 9.59 Å². The number of rotatable bonds is 7. The number of hydrogen-bond donors (Lipinski definition) is 2. The number of anilines is 1. The largest absolute Gasteiger partial charge is 0.354 e. The molecule has 2 N–H and O–H groups in total. The fraction of sp³-hybridized carbons (Fsp3) is 0.364. The van der Waals surface area contributed by atoms with Gasteiger partial charge in [-0.1, -0.05) is 20.3 Å². The first-order valence-electron chi connectivity index (χ1n) is 9.58. The molecule has 0 bridgehead atoms. The summed E-state index contributed by atoms with van der Waals surface area (Å²) in [5.41, 5.74) is 4.62. The zero-order valence-corrected chi connectivity index (χ0v) is 16.5. The Bertz CT molecular complexity index is 995. The predicted molar refractivity (Wildman–Crippen MR) is 110 cm³/mol. The van der Waals surface area contributed by atoms with Gasteiger partial charge in [0.15, 0.2) is 5.78 Å². The molecule has 5 heteroatoms. The number of amides is 1. The number of Topliss-reactive ketones (excluding diaryl/α,β-unsaturated/α-hetero) is 1. The van der Waals surface area contributed by atoms with Gasteiger partial charge in [0.05, 0.1) is 0 Å². The summed E-state index contributed by atoms with van der Waals surface area (Å²) in [6, 6.07) is 8.01. The van der Waals surface area contributed by atoms with E-state index in [1.165, 1.54) is 0 Å². The Morgan fingerprint density at radius 2 is 1.93 bits per heavy atom. The fourth-order valence-electron chi connectivity index (χ4n) is 3.75. The van der Waals surface area contributed by atoms with Gasteiger partial charge in [-0.2, -0.15) is 0 Å². The average Bonchev–Trinajstić information content (AvgIpc) is 3.16. The lowest BCUT2D eigenvalue weighted by atomic mass is 10.0. The van der Waals surface area contributed by atoms with Crippen molar-refractivity contribution in [3.05, 3.63) is 53.0 Å². The zero-order chi connectivity index (χ0) is 19.6. The molecule has 3 aromatic rings. The predicted octanol–water partition coefficient (Wildman–Crippen LogP) is 5.10. The molecule has 0 aliphatic heterocycles. The lowest BCUT2D eigenvalue weighted by Gasteiger charge is -2.08. The molecule has 0 atom stereocenters. The molecule has 3 rings (SSSR count). The summed E-state index contributed by atoms with van der Waals surface area (Å²) >= 11 is 0. The van der Waals surface area contributed by atoms with Crippen LogP contribution >= 0.6 is 0 Å². The van der Waals surface area contributed by atoms with Gasteiger partial charge in [0.2, 0.25) is 0 Å². The summed E-state index contributed by atoms with van der Waals surface area (Å²) in [6.07, 6.45) is 4.72. The van der Waals surface area contributed by atoms with Crippen molar-refractivity contribution in [1.29, 1.82) is 0 Å². The first-order chi connectivity index (χ1) is 13.0. The number of nitrogens with one attached hydrogen (secondary N) is 2. The van der Waals surface area contributed by atoms with Gasteiger partial charge in [-0.3, -0.25) is 9.59 Å². The second kappa shape index (κ2) is 7.82. The fourth-order valence-corrected chi connectivity index (χ4v) is 3.75. The summed E-state index contributed by atoms with van der Waals surface area (Å²) in [6.45, 7) is 8.57. The second-order valence-corrected chi connectivity index (χ2v) is 7.02. The van der Waals surface area contributed by atoms with Crippen molar-refractivity contribution >= 4 is 28.3 Å². The smallest absolute Gasteiger partial charge is 0.272 e. The highest BCUT2D eigenvalue weighted by molar-refractivity contribution is 6.08. The third-order valence-corrected chi connectivity index (χ3v) is 4.86. The summed E-state index contributed by atoms with van der Waals surface area (Å²) in [7, 11) is 0. The molecule has 0 spiro atoms. The van der Waals surface area contributed by atoms with Crippen molar-refractivity contribution in [2.75, 3.05) is 5.32 Å². The van der Waals surface area contributed by atoms with Crippen LogP contribution in [-0.2, 0) is 13.0 Å². The number of aromatic amines is 1. The normalized spacial score (nSPS) is 11.1. The number of benzene rings is 1. The van der Waals surface area contributed by atoms with Gasteiger partial charge in [-0.25, -0.2) is 0 Å². The first kappa shape index (κ1) is 19.0. The van der Waals surface area contributed by atoms with Crippen molar-refractivity contribution in [3.8, 4) is 0 Å². The number of fused-ring (bicyclic) bond motifs is 1. The molecular weight excluding hydrogens is 338 g/mol. The van der Waals surface area contributed by atoms with E-state index >= 15 is 0 Å². The maximum absolute atomic E-state index is 12.9. The van der Waals surface area contributed by atoms with Crippen LogP contribution in [0.5, 0.6) is 0 Å². The van der Waals surface area contributed by atoms with Gasteiger partial charge in [-0.05, 0) is 56.5 Å². The highest BCUT2D eigenvalue weighted by Gasteiger charge is 2.22. The molecule has 0 radical (unpaired) electrons. The molecular formula is C22H27N3O2. The lowest BCUT2D eigenvalue weighted by Crippen LogP contribution is -2.15. The minimum Gasteiger partial charge on any atom is -0.354 e. The van der Waals surface area contributed by atoms with E-state index in [4.69, 9.17) is 0 Å². The molecule has 0 aliphatic carbocycles. The van der Waals surface area contributed by atoms with E-state index in [0.717, 1.165) is 47.2 Å². The van der Waals surface area contributed by atoms with Crippen molar-refractivity contribution in [3.63, 3.8) is 0 Å². The number of ketones is 1. The van der Waals surface area contributed by atoms with E-state index in [2.05, 4.69) is 34.1 Å². The Kier molecular flexibility index (Phi) is 5.49. The van der Waals surface area contributed by atoms with Crippen molar-refractivity contribution in [2.24, 2.45) is 0 Å². The number of nitrogens with zero attached hydrogens (tertiary/aromatic N) is 1. The molecule has 2 aromatic heterocycles.